The van der Waals surface area contributed by atoms with Crippen molar-refractivity contribution in [3.05, 3.63) is 71.8 Å². The molecule has 3 N–H and O–H groups in total. The van der Waals surface area contributed by atoms with Crippen molar-refractivity contribution in [2.45, 2.75) is 70.2 Å². The molecule has 4 nitrogen and oxygen atoms in total. The maximum Gasteiger partial charge on any atom is 0.126 e. The van der Waals surface area contributed by atoms with E-state index in [0.717, 1.165) is 37.2 Å². The van der Waals surface area contributed by atoms with E-state index < -0.39 is 12.2 Å². The lowest BCUT2D eigenvalue weighted by molar-refractivity contribution is 0.134. The van der Waals surface area contributed by atoms with Crippen LogP contribution in [0.1, 0.15) is 56.6 Å². The van der Waals surface area contributed by atoms with Crippen LogP contribution in [-0.4, -0.2) is 35.1 Å². The fraction of sp³-hybridized carbons (Fsp3) is 0.467. The van der Waals surface area contributed by atoms with Gasteiger partial charge in [0.1, 0.15) is 11.9 Å². The molecule has 180 valence electrons. The maximum atomic E-state index is 10.7. The Balaban J connectivity index is 1.37. The van der Waals surface area contributed by atoms with Gasteiger partial charge in [0.15, 0.2) is 0 Å². The highest BCUT2D eigenvalue weighted by molar-refractivity contribution is 5.49. The summed E-state index contributed by atoms with van der Waals surface area (Å²) >= 11 is 0. The second kappa shape index (κ2) is 11.6. The molecule has 0 aromatic heterocycles. The third-order valence-corrected chi connectivity index (χ3v) is 7.18. The van der Waals surface area contributed by atoms with Crippen molar-refractivity contribution in [3.63, 3.8) is 0 Å². The molecule has 1 saturated carbocycles. The Morgan fingerprint density at radius 3 is 2.76 bits per heavy atom. The molecule has 1 fully saturated rings. The number of para-hydroxylation sites is 2. The number of anilines is 1. The van der Waals surface area contributed by atoms with Crippen LogP contribution in [0.25, 0.3) is 0 Å². The van der Waals surface area contributed by atoms with Crippen molar-refractivity contribution in [1.82, 2.24) is 0 Å². The summed E-state index contributed by atoms with van der Waals surface area (Å²) in [5, 5.41) is 24.7. The molecule has 2 aromatic carbocycles. The Kier molecular flexibility index (Phi) is 8.32. The third-order valence-electron chi connectivity index (χ3n) is 7.18. The van der Waals surface area contributed by atoms with Crippen molar-refractivity contribution in [3.8, 4) is 17.6 Å². The topological polar surface area (TPSA) is 61.7 Å². The molecular formula is C30H37NO3. The van der Waals surface area contributed by atoms with E-state index in [-0.39, 0.29) is 23.9 Å². The summed E-state index contributed by atoms with van der Waals surface area (Å²) in [5.74, 6) is 7.10. The highest BCUT2D eigenvalue weighted by Crippen LogP contribution is 2.52. The first kappa shape index (κ1) is 24.4. The number of hydrogen-bond acceptors (Lipinski definition) is 4. The largest absolute Gasteiger partial charge is 0.489 e. The number of hydrogen-bond donors (Lipinski definition) is 3. The first-order valence-electron chi connectivity index (χ1n) is 12.6. The number of aliphatic hydroxyl groups is 2. The number of rotatable bonds is 10. The van der Waals surface area contributed by atoms with Crippen LogP contribution in [-0.2, 0) is 6.42 Å². The van der Waals surface area contributed by atoms with E-state index in [1.54, 1.807) is 0 Å². The zero-order valence-electron chi connectivity index (χ0n) is 20.3. The molecule has 1 heterocycles. The molecule has 2 aromatic rings. The smallest absolute Gasteiger partial charge is 0.126 e. The summed E-state index contributed by atoms with van der Waals surface area (Å²) in [5.41, 5.74) is 3.63. The number of fused-ring (bicyclic) bond motifs is 3. The standard InChI is InChI=1S/C30H37NO3/c1-3-4-11-21(2)26(32)18-17-24-27(33)20-28-29(24)25-16-10-13-22(30(25)34-28)12-8-9-19-31-23-14-6-5-7-15-23/h5-7,10,13-18,21,24,26-29,31-33H,8-9,11-12,19-20H2,1-2H3/t21-,24+,26-,27-,28+,29+/m1/s1. The molecule has 4 heteroatoms. The maximum absolute atomic E-state index is 10.7. The summed E-state index contributed by atoms with van der Waals surface area (Å²) in [4.78, 5) is 0. The molecule has 0 bridgehead atoms. The summed E-state index contributed by atoms with van der Waals surface area (Å²) < 4.78 is 6.41. The normalized spacial score (nSPS) is 24.6. The Labute approximate surface area is 204 Å². The Morgan fingerprint density at radius 2 is 1.97 bits per heavy atom. The van der Waals surface area contributed by atoms with E-state index in [0.29, 0.717) is 12.8 Å². The van der Waals surface area contributed by atoms with Gasteiger partial charge in [-0.1, -0.05) is 55.5 Å². The summed E-state index contributed by atoms with van der Waals surface area (Å²) in [6, 6.07) is 16.7. The predicted octanol–water partition coefficient (Wildman–Crippen LogP) is 5.31. The van der Waals surface area contributed by atoms with Crippen molar-refractivity contribution in [1.29, 1.82) is 0 Å². The lowest BCUT2D eigenvalue weighted by atomic mass is 9.86. The van der Waals surface area contributed by atoms with Crippen LogP contribution in [0.3, 0.4) is 0 Å². The van der Waals surface area contributed by atoms with Crippen LogP contribution in [0, 0.1) is 23.7 Å². The average molecular weight is 460 g/mol. The number of ether oxygens (including phenoxy) is 1. The fourth-order valence-electron chi connectivity index (χ4n) is 5.21. The highest BCUT2D eigenvalue weighted by atomic mass is 16.5. The Hall–Kier alpha value is -2.74. The van der Waals surface area contributed by atoms with Gasteiger partial charge in [0, 0.05) is 42.5 Å². The van der Waals surface area contributed by atoms with Crippen molar-refractivity contribution in [2.24, 2.45) is 11.8 Å². The number of benzene rings is 2. The molecule has 1 aliphatic heterocycles. The second-order valence-corrected chi connectivity index (χ2v) is 9.63. The van der Waals surface area contributed by atoms with E-state index >= 15 is 0 Å². The number of nitrogens with one attached hydrogen (secondary N) is 1. The van der Waals surface area contributed by atoms with Crippen molar-refractivity contribution in [2.75, 3.05) is 11.9 Å². The van der Waals surface area contributed by atoms with Gasteiger partial charge >= 0.3 is 0 Å². The lowest BCUT2D eigenvalue weighted by Gasteiger charge is -2.19. The zero-order chi connectivity index (χ0) is 23.9. The molecule has 34 heavy (non-hydrogen) atoms. The second-order valence-electron chi connectivity index (χ2n) is 9.63. The van der Waals surface area contributed by atoms with Gasteiger partial charge in [0.25, 0.3) is 0 Å². The molecule has 0 spiro atoms. The molecule has 0 amide bonds. The van der Waals surface area contributed by atoms with E-state index in [9.17, 15) is 10.2 Å². The Bertz CT molecular complexity index is 1020. The van der Waals surface area contributed by atoms with Gasteiger partial charge in [-0.15, -0.1) is 11.8 Å². The molecular weight excluding hydrogens is 422 g/mol. The lowest BCUT2D eigenvalue weighted by Crippen LogP contribution is -2.19. The van der Waals surface area contributed by atoms with Crippen LogP contribution in [0.2, 0.25) is 0 Å². The van der Waals surface area contributed by atoms with E-state index in [2.05, 4.69) is 47.5 Å². The van der Waals surface area contributed by atoms with Gasteiger partial charge in [0.2, 0.25) is 0 Å². The number of aliphatic hydroxyl groups excluding tert-OH is 2. The summed E-state index contributed by atoms with van der Waals surface area (Å²) in [6.07, 6.45) is 7.29. The van der Waals surface area contributed by atoms with E-state index in [1.807, 2.05) is 44.2 Å². The predicted molar refractivity (Wildman–Crippen MR) is 138 cm³/mol. The van der Waals surface area contributed by atoms with Gasteiger partial charge in [0.05, 0.1) is 12.2 Å². The SMILES string of the molecule is CC#CC[C@@H](C)[C@H](O)C=C[C@@H]1[C@H]2c3cccc(CCCCNc4ccccc4)c3O[C@H]2C[C@H]1O. The number of aryl methyl sites for hydroxylation is 1. The number of unbranched alkanes of at least 4 members (excludes halogenated alkanes) is 1. The zero-order valence-corrected chi connectivity index (χ0v) is 20.3. The van der Waals surface area contributed by atoms with Crippen LogP contribution in [0.4, 0.5) is 5.69 Å². The molecule has 4 rings (SSSR count). The minimum atomic E-state index is -0.565. The van der Waals surface area contributed by atoms with Crippen LogP contribution < -0.4 is 10.1 Å². The van der Waals surface area contributed by atoms with Crippen molar-refractivity contribution < 1.29 is 14.9 Å². The minimum Gasteiger partial charge on any atom is -0.489 e. The van der Waals surface area contributed by atoms with Gasteiger partial charge < -0.3 is 20.3 Å². The van der Waals surface area contributed by atoms with E-state index in [1.165, 1.54) is 11.1 Å². The van der Waals surface area contributed by atoms with Gasteiger partial charge in [-0.05, 0) is 49.8 Å². The Morgan fingerprint density at radius 1 is 1.15 bits per heavy atom. The molecule has 0 radical (unpaired) electrons. The third kappa shape index (κ3) is 5.66. The monoisotopic (exact) mass is 459 g/mol. The molecule has 0 unspecified atom stereocenters. The van der Waals surface area contributed by atoms with E-state index in [4.69, 9.17) is 4.74 Å². The van der Waals surface area contributed by atoms with Gasteiger partial charge in [-0.3, -0.25) is 0 Å². The van der Waals surface area contributed by atoms with Gasteiger partial charge in [-0.2, -0.15) is 0 Å². The minimum absolute atomic E-state index is 0.000992. The molecule has 2 aliphatic rings. The quantitative estimate of drug-likeness (QED) is 0.256. The fourth-order valence-corrected chi connectivity index (χ4v) is 5.21. The molecule has 0 saturated heterocycles. The average Bonchev–Trinajstić information content (AvgIpc) is 3.36. The molecule has 1 aliphatic carbocycles. The van der Waals surface area contributed by atoms with Crippen LogP contribution in [0.5, 0.6) is 5.75 Å². The first-order valence-corrected chi connectivity index (χ1v) is 12.6. The summed E-state index contributed by atoms with van der Waals surface area (Å²) in [6.45, 7) is 4.77. The first-order chi connectivity index (χ1) is 16.6. The van der Waals surface area contributed by atoms with Crippen molar-refractivity contribution >= 4 is 5.69 Å². The summed E-state index contributed by atoms with van der Waals surface area (Å²) in [7, 11) is 0. The van der Waals surface area contributed by atoms with Gasteiger partial charge in [-0.25, -0.2) is 0 Å². The van der Waals surface area contributed by atoms with Crippen LogP contribution in [0.15, 0.2) is 60.7 Å². The van der Waals surface area contributed by atoms with Crippen LogP contribution >= 0.6 is 0 Å². The highest BCUT2D eigenvalue weighted by Gasteiger charge is 2.48. The molecule has 6 atom stereocenters.